The Morgan fingerprint density at radius 2 is 1.94 bits per heavy atom. The molecule has 0 aromatic carbocycles. The second-order valence-corrected chi connectivity index (χ2v) is 5.86. The lowest BCUT2D eigenvalue weighted by atomic mass is 10.0. The van der Waals surface area contributed by atoms with Gasteiger partial charge in [0.25, 0.3) is 0 Å². The zero-order valence-corrected chi connectivity index (χ0v) is 12.2. The van der Waals surface area contributed by atoms with Crippen LogP contribution in [0.1, 0.15) is 46.5 Å². The smallest absolute Gasteiger partial charge is 0.234 e. The largest absolute Gasteiger partial charge is 0.350 e. The molecule has 2 N–H and O–H groups in total. The van der Waals surface area contributed by atoms with Gasteiger partial charge in [-0.05, 0) is 65.7 Å². The molecule has 106 valence electrons. The summed E-state index contributed by atoms with van der Waals surface area (Å²) in [5, 5.41) is 6.24. The van der Waals surface area contributed by atoms with Gasteiger partial charge in [0.15, 0.2) is 0 Å². The molecule has 0 saturated carbocycles. The Labute approximate surface area is 111 Å². The van der Waals surface area contributed by atoms with E-state index in [1.165, 1.54) is 25.9 Å². The second-order valence-electron chi connectivity index (χ2n) is 5.86. The molecule has 1 heterocycles. The third kappa shape index (κ3) is 6.36. The van der Waals surface area contributed by atoms with Crippen LogP contribution in [0.3, 0.4) is 0 Å². The minimum absolute atomic E-state index is 0.0890. The molecule has 1 aliphatic rings. The topological polar surface area (TPSA) is 44.4 Å². The van der Waals surface area contributed by atoms with E-state index in [0.29, 0.717) is 6.54 Å². The number of carbonyl (C=O) groups excluding carboxylic acids is 1. The van der Waals surface area contributed by atoms with Crippen molar-refractivity contribution in [2.75, 3.05) is 32.7 Å². The van der Waals surface area contributed by atoms with E-state index in [0.717, 1.165) is 25.9 Å². The van der Waals surface area contributed by atoms with Crippen LogP contribution in [0.25, 0.3) is 0 Å². The van der Waals surface area contributed by atoms with Crippen molar-refractivity contribution in [2.45, 2.75) is 52.0 Å². The Balaban J connectivity index is 1.98. The van der Waals surface area contributed by atoms with Crippen LogP contribution in [-0.2, 0) is 4.79 Å². The molecule has 0 bridgehead atoms. The average molecular weight is 255 g/mol. The van der Waals surface area contributed by atoms with Crippen molar-refractivity contribution in [1.29, 1.82) is 0 Å². The predicted octanol–water partition coefficient (Wildman–Crippen LogP) is 1.37. The van der Waals surface area contributed by atoms with Crippen LogP contribution in [-0.4, -0.2) is 49.1 Å². The van der Waals surface area contributed by atoms with E-state index in [1.807, 2.05) is 0 Å². The molecule has 1 amide bonds. The van der Waals surface area contributed by atoms with E-state index in [-0.39, 0.29) is 11.4 Å². The SMILES string of the molecule is CCC(C)(C)NC(=O)CNCCCN1CCCC1. The minimum atomic E-state index is -0.0890. The Hall–Kier alpha value is -0.610. The van der Waals surface area contributed by atoms with E-state index in [9.17, 15) is 4.79 Å². The van der Waals surface area contributed by atoms with Gasteiger partial charge in [-0.3, -0.25) is 4.79 Å². The number of nitrogens with one attached hydrogen (secondary N) is 2. The normalized spacial score (nSPS) is 17.1. The molecule has 0 unspecified atom stereocenters. The van der Waals surface area contributed by atoms with Gasteiger partial charge in [0.2, 0.25) is 5.91 Å². The van der Waals surface area contributed by atoms with Gasteiger partial charge in [0.05, 0.1) is 6.54 Å². The first-order chi connectivity index (χ1) is 8.53. The van der Waals surface area contributed by atoms with Crippen molar-refractivity contribution in [1.82, 2.24) is 15.5 Å². The lowest BCUT2D eigenvalue weighted by molar-refractivity contribution is -0.121. The van der Waals surface area contributed by atoms with Crippen molar-refractivity contribution < 1.29 is 4.79 Å². The van der Waals surface area contributed by atoms with E-state index < -0.39 is 0 Å². The molecule has 1 aliphatic heterocycles. The zero-order chi connectivity index (χ0) is 13.4. The predicted molar refractivity (Wildman–Crippen MR) is 75.7 cm³/mol. The minimum Gasteiger partial charge on any atom is -0.350 e. The van der Waals surface area contributed by atoms with Crippen molar-refractivity contribution in [3.05, 3.63) is 0 Å². The van der Waals surface area contributed by atoms with Gasteiger partial charge in [0.1, 0.15) is 0 Å². The molecule has 1 rings (SSSR count). The van der Waals surface area contributed by atoms with Gasteiger partial charge >= 0.3 is 0 Å². The number of likely N-dealkylation sites (tertiary alicyclic amines) is 1. The van der Waals surface area contributed by atoms with Crippen LogP contribution in [0.15, 0.2) is 0 Å². The van der Waals surface area contributed by atoms with Crippen LogP contribution in [0.4, 0.5) is 0 Å². The molecule has 0 spiro atoms. The first-order valence-electron chi connectivity index (χ1n) is 7.27. The molecular weight excluding hydrogens is 226 g/mol. The highest BCUT2D eigenvalue weighted by atomic mass is 16.2. The number of rotatable bonds is 8. The van der Waals surface area contributed by atoms with Crippen LogP contribution >= 0.6 is 0 Å². The fraction of sp³-hybridized carbons (Fsp3) is 0.929. The summed E-state index contributed by atoms with van der Waals surface area (Å²) in [6.45, 7) is 11.2. The van der Waals surface area contributed by atoms with E-state index in [1.54, 1.807) is 0 Å². The molecule has 1 saturated heterocycles. The Bertz CT molecular complexity index is 247. The summed E-state index contributed by atoms with van der Waals surface area (Å²) in [7, 11) is 0. The third-order valence-electron chi connectivity index (χ3n) is 3.67. The Morgan fingerprint density at radius 3 is 2.56 bits per heavy atom. The maximum absolute atomic E-state index is 11.7. The molecule has 4 heteroatoms. The van der Waals surface area contributed by atoms with Gasteiger partial charge in [-0.2, -0.15) is 0 Å². The van der Waals surface area contributed by atoms with Crippen molar-refractivity contribution in [2.24, 2.45) is 0 Å². The van der Waals surface area contributed by atoms with Crippen molar-refractivity contribution in [3.8, 4) is 0 Å². The van der Waals surface area contributed by atoms with E-state index in [4.69, 9.17) is 0 Å². The Morgan fingerprint density at radius 1 is 1.28 bits per heavy atom. The lowest BCUT2D eigenvalue weighted by Gasteiger charge is -2.24. The fourth-order valence-corrected chi connectivity index (χ4v) is 2.15. The van der Waals surface area contributed by atoms with E-state index >= 15 is 0 Å². The second kappa shape index (κ2) is 7.74. The first-order valence-corrected chi connectivity index (χ1v) is 7.27. The van der Waals surface area contributed by atoms with Gasteiger partial charge in [0, 0.05) is 5.54 Å². The highest BCUT2D eigenvalue weighted by Gasteiger charge is 2.17. The van der Waals surface area contributed by atoms with Gasteiger partial charge in [-0.1, -0.05) is 6.92 Å². The fourth-order valence-electron chi connectivity index (χ4n) is 2.15. The summed E-state index contributed by atoms with van der Waals surface area (Å²) in [5.41, 5.74) is -0.0890. The summed E-state index contributed by atoms with van der Waals surface area (Å²) in [5.74, 6) is 0.100. The number of nitrogens with zero attached hydrogens (tertiary/aromatic N) is 1. The third-order valence-corrected chi connectivity index (χ3v) is 3.67. The van der Waals surface area contributed by atoms with Crippen LogP contribution in [0.2, 0.25) is 0 Å². The number of amides is 1. The van der Waals surface area contributed by atoms with Gasteiger partial charge < -0.3 is 15.5 Å². The van der Waals surface area contributed by atoms with E-state index in [2.05, 4.69) is 36.3 Å². The first kappa shape index (κ1) is 15.4. The lowest BCUT2D eigenvalue weighted by Crippen LogP contribution is -2.46. The van der Waals surface area contributed by atoms with Crippen molar-refractivity contribution >= 4 is 5.91 Å². The molecule has 0 aliphatic carbocycles. The standard InChI is InChI=1S/C14H29N3O/c1-4-14(2,3)16-13(18)12-15-8-7-11-17-9-5-6-10-17/h15H,4-12H2,1-3H3,(H,16,18). The maximum atomic E-state index is 11.7. The average Bonchev–Trinajstić information content (AvgIpc) is 2.81. The number of hydrogen-bond acceptors (Lipinski definition) is 3. The molecule has 0 radical (unpaired) electrons. The van der Waals surface area contributed by atoms with Crippen LogP contribution < -0.4 is 10.6 Å². The highest BCUT2D eigenvalue weighted by molar-refractivity contribution is 5.78. The maximum Gasteiger partial charge on any atom is 0.234 e. The summed E-state index contributed by atoms with van der Waals surface area (Å²) in [6, 6.07) is 0. The molecule has 18 heavy (non-hydrogen) atoms. The van der Waals surface area contributed by atoms with Gasteiger partial charge in [-0.15, -0.1) is 0 Å². The Kier molecular flexibility index (Phi) is 6.65. The molecular formula is C14H29N3O. The molecule has 4 nitrogen and oxygen atoms in total. The molecule has 1 fully saturated rings. The number of hydrogen-bond donors (Lipinski definition) is 2. The van der Waals surface area contributed by atoms with Crippen LogP contribution in [0, 0.1) is 0 Å². The molecule has 0 aromatic rings. The monoisotopic (exact) mass is 255 g/mol. The van der Waals surface area contributed by atoms with Crippen LogP contribution in [0.5, 0.6) is 0 Å². The summed E-state index contributed by atoms with van der Waals surface area (Å²) >= 11 is 0. The quantitative estimate of drug-likeness (QED) is 0.644. The summed E-state index contributed by atoms with van der Waals surface area (Å²) in [4.78, 5) is 14.2. The molecule has 0 aromatic heterocycles. The van der Waals surface area contributed by atoms with Crippen molar-refractivity contribution in [3.63, 3.8) is 0 Å². The van der Waals surface area contributed by atoms with Gasteiger partial charge in [-0.25, -0.2) is 0 Å². The molecule has 0 atom stereocenters. The zero-order valence-electron chi connectivity index (χ0n) is 12.2. The number of carbonyl (C=O) groups is 1. The summed E-state index contributed by atoms with van der Waals surface area (Å²) < 4.78 is 0. The summed E-state index contributed by atoms with van der Waals surface area (Å²) in [6.07, 6.45) is 4.78. The highest BCUT2D eigenvalue weighted by Crippen LogP contribution is 2.07.